The highest BCUT2D eigenvalue weighted by molar-refractivity contribution is 6.42. The van der Waals surface area contributed by atoms with Crippen molar-refractivity contribution in [2.45, 2.75) is 25.6 Å². The minimum atomic E-state index is -4.74. The summed E-state index contributed by atoms with van der Waals surface area (Å²) in [6, 6.07) is 9.50. The maximum absolute atomic E-state index is 12.6. The number of hydrogen-bond acceptors (Lipinski definition) is 2. The third-order valence-electron chi connectivity index (χ3n) is 4.20. The Kier molecular flexibility index (Phi) is 5.89. The van der Waals surface area contributed by atoms with Crippen molar-refractivity contribution in [3.8, 4) is 17.0 Å². The number of aromatic amines is 1. The van der Waals surface area contributed by atoms with Crippen molar-refractivity contribution in [1.82, 2.24) is 4.98 Å². The Morgan fingerprint density at radius 3 is 2.44 bits per heavy atom. The van der Waals surface area contributed by atoms with Gasteiger partial charge in [-0.05, 0) is 67.3 Å². The van der Waals surface area contributed by atoms with E-state index in [2.05, 4.69) is 9.72 Å². The van der Waals surface area contributed by atoms with E-state index in [4.69, 9.17) is 28.9 Å². The second kappa shape index (κ2) is 8.00. The molecule has 2 aromatic carbocycles. The van der Waals surface area contributed by atoms with Crippen LogP contribution in [0.4, 0.5) is 13.2 Å². The summed E-state index contributed by atoms with van der Waals surface area (Å²) in [5.74, 6) is -0.255. The molecule has 3 N–H and O–H groups in total. The largest absolute Gasteiger partial charge is 0.573 e. The highest BCUT2D eigenvalue weighted by Crippen LogP contribution is 2.36. The van der Waals surface area contributed by atoms with E-state index in [1.807, 2.05) is 6.07 Å². The van der Waals surface area contributed by atoms with E-state index in [1.165, 1.54) is 12.1 Å². The van der Waals surface area contributed by atoms with Crippen molar-refractivity contribution in [2.75, 3.05) is 6.54 Å². The zero-order valence-electron chi connectivity index (χ0n) is 14.2. The summed E-state index contributed by atoms with van der Waals surface area (Å²) >= 11 is 12.1. The van der Waals surface area contributed by atoms with E-state index in [0.717, 1.165) is 29.7 Å². The molecule has 0 spiro atoms. The van der Waals surface area contributed by atoms with Gasteiger partial charge in [-0.2, -0.15) is 0 Å². The molecule has 3 aromatic rings. The third-order valence-corrected chi connectivity index (χ3v) is 4.94. The summed E-state index contributed by atoms with van der Waals surface area (Å²) in [5, 5.41) is 1.51. The predicted octanol–water partition coefficient (Wildman–Crippen LogP) is 6.32. The molecule has 0 fully saturated rings. The van der Waals surface area contributed by atoms with Gasteiger partial charge < -0.3 is 15.5 Å². The number of nitrogens with one attached hydrogen (secondary N) is 1. The number of alkyl halides is 3. The molecule has 0 bridgehead atoms. The maximum Gasteiger partial charge on any atom is 0.573 e. The van der Waals surface area contributed by atoms with Crippen LogP contribution in [0.3, 0.4) is 0 Å². The van der Waals surface area contributed by atoms with Crippen LogP contribution >= 0.6 is 23.2 Å². The third kappa shape index (κ3) is 4.69. The zero-order chi connectivity index (χ0) is 19.6. The summed E-state index contributed by atoms with van der Waals surface area (Å²) in [6.07, 6.45) is -2.47. The highest BCUT2D eigenvalue weighted by Gasteiger charge is 2.31. The molecule has 0 aliphatic heterocycles. The molecular weight excluding hydrogens is 400 g/mol. The van der Waals surface area contributed by atoms with E-state index in [-0.39, 0.29) is 5.75 Å². The van der Waals surface area contributed by atoms with Gasteiger partial charge in [-0.15, -0.1) is 13.2 Å². The maximum atomic E-state index is 12.6. The fourth-order valence-corrected chi connectivity index (χ4v) is 3.33. The van der Waals surface area contributed by atoms with Gasteiger partial charge in [0.2, 0.25) is 0 Å². The first-order valence-corrected chi connectivity index (χ1v) is 9.10. The molecule has 0 radical (unpaired) electrons. The Morgan fingerprint density at radius 2 is 1.78 bits per heavy atom. The van der Waals surface area contributed by atoms with Crippen LogP contribution in [0.2, 0.25) is 10.0 Å². The van der Waals surface area contributed by atoms with Crippen LogP contribution in [0.1, 0.15) is 18.4 Å². The van der Waals surface area contributed by atoms with E-state index in [9.17, 15) is 13.2 Å². The van der Waals surface area contributed by atoms with Gasteiger partial charge in [0, 0.05) is 16.6 Å². The van der Waals surface area contributed by atoms with E-state index < -0.39 is 6.36 Å². The van der Waals surface area contributed by atoms with Crippen LogP contribution in [0, 0.1) is 0 Å². The van der Waals surface area contributed by atoms with Gasteiger partial charge in [-0.1, -0.05) is 29.3 Å². The minimum Gasteiger partial charge on any atom is -0.406 e. The molecule has 0 aliphatic carbocycles. The molecule has 0 aliphatic rings. The molecule has 0 unspecified atom stereocenters. The van der Waals surface area contributed by atoms with E-state index >= 15 is 0 Å². The molecule has 3 rings (SSSR count). The molecular formula is C19H17Cl2F3N2O. The Balaban J connectivity index is 2.10. The first-order chi connectivity index (χ1) is 12.8. The van der Waals surface area contributed by atoms with Crippen LogP contribution < -0.4 is 10.5 Å². The normalized spacial score (nSPS) is 11.9. The number of H-pyrrole nitrogens is 1. The van der Waals surface area contributed by atoms with Gasteiger partial charge in [-0.3, -0.25) is 0 Å². The van der Waals surface area contributed by atoms with Gasteiger partial charge in [0.15, 0.2) is 0 Å². The smallest absolute Gasteiger partial charge is 0.406 e. The van der Waals surface area contributed by atoms with Crippen molar-refractivity contribution in [3.05, 3.63) is 52.0 Å². The first kappa shape index (κ1) is 19.9. The quantitative estimate of drug-likeness (QED) is 0.461. The summed E-state index contributed by atoms with van der Waals surface area (Å²) in [7, 11) is 0. The molecule has 0 saturated heterocycles. The second-order valence-corrected chi connectivity index (χ2v) is 6.92. The van der Waals surface area contributed by atoms with Gasteiger partial charge in [0.25, 0.3) is 0 Å². The molecule has 8 heteroatoms. The average Bonchev–Trinajstić information content (AvgIpc) is 2.94. The van der Waals surface area contributed by atoms with Gasteiger partial charge >= 0.3 is 6.36 Å². The van der Waals surface area contributed by atoms with Crippen molar-refractivity contribution >= 4 is 34.1 Å². The number of rotatable bonds is 6. The number of unbranched alkanes of at least 4 members (excludes halogenated alkanes) is 1. The Hall–Kier alpha value is -1.89. The lowest BCUT2D eigenvalue weighted by Crippen LogP contribution is -2.16. The van der Waals surface area contributed by atoms with E-state index in [0.29, 0.717) is 33.9 Å². The van der Waals surface area contributed by atoms with Crippen LogP contribution in [-0.4, -0.2) is 17.9 Å². The Morgan fingerprint density at radius 1 is 1.00 bits per heavy atom. The van der Waals surface area contributed by atoms with E-state index in [1.54, 1.807) is 18.2 Å². The molecule has 1 heterocycles. The zero-order valence-corrected chi connectivity index (χ0v) is 15.7. The SMILES string of the molecule is NCCCCc1c(-c2ccc(Cl)c(Cl)c2)[nH]c2ccc(OC(F)(F)F)cc12. The fraction of sp³-hybridized carbons (Fsp3) is 0.263. The monoisotopic (exact) mass is 416 g/mol. The lowest BCUT2D eigenvalue weighted by molar-refractivity contribution is -0.274. The first-order valence-electron chi connectivity index (χ1n) is 8.34. The lowest BCUT2D eigenvalue weighted by Gasteiger charge is -2.09. The van der Waals surface area contributed by atoms with Crippen molar-refractivity contribution in [2.24, 2.45) is 5.73 Å². The summed E-state index contributed by atoms with van der Waals surface area (Å²) < 4.78 is 41.8. The van der Waals surface area contributed by atoms with Crippen LogP contribution in [0.5, 0.6) is 5.75 Å². The van der Waals surface area contributed by atoms with Crippen LogP contribution in [0.15, 0.2) is 36.4 Å². The van der Waals surface area contributed by atoms with Crippen LogP contribution in [-0.2, 0) is 6.42 Å². The number of hydrogen-bond donors (Lipinski definition) is 2. The summed E-state index contributed by atoms with van der Waals surface area (Å²) in [6.45, 7) is 0.549. The van der Waals surface area contributed by atoms with Crippen molar-refractivity contribution in [3.63, 3.8) is 0 Å². The molecule has 0 amide bonds. The number of aromatic nitrogens is 1. The number of halogens is 5. The average molecular weight is 417 g/mol. The van der Waals surface area contributed by atoms with Crippen LogP contribution in [0.25, 0.3) is 22.2 Å². The fourth-order valence-electron chi connectivity index (χ4n) is 3.03. The minimum absolute atomic E-state index is 0.255. The Labute approximate surface area is 164 Å². The standard InChI is InChI=1S/C19H17Cl2F3N2O/c20-15-6-4-11(9-16(15)21)18-13(3-1-2-8-25)14-10-12(27-19(22,23)24)5-7-17(14)26-18/h4-7,9-10,26H,1-3,8,25H2. The number of nitrogens with two attached hydrogens (primary N) is 1. The summed E-state index contributed by atoms with van der Waals surface area (Å²) in [5.41, 5.74) is 8.79. The number of ether oxygens (including phenoxy) is 1. The van der Waals surface area contributed by atoms with Crippen molar-refractivity contribution in [1.29, 1.82) is 0 Å². The molecule has 3 nitrogen and oxygen atoms in total. The van der Waals surface area contributed by atoms with Crippen molar-refractivity contribution < 1.29 is 17.9 Å². The second-order valence-electron chi connectivity index (χ2n) is 6.11. The van der Waals surface area contributed by atoms with Gasteiger partial charge in [-0.25, -0.2) is 0 Å². The molecule has 1 aromatic heterocycles. The molecule has 27 heavy (non-hydrogen) atoms. The predicted molar refractivity (Wildman–Crippen MR) is 102 cm³/mol. The number of benzene rings is 2. The lowest BCUT2D eigenvalue weighted by atomic mass is 10.00. The Bertz CT molecular complexity index is 954. The molecule has 0 atom stereocenters. The number of aryl methyl sites for hydroxylation is 1. The van der Waals surface area contributed by atoms with Gasteiger partial charge in [0.1, 0.15) is 5.75 Å². The summed E-state index contributed by atoms with van der Waals surface area (Å²) in [4.78, 5) is 3.27. The topological polar surface area (TPSA) is 51.0 Å². The highest BCUT2D eigenvalue weighted by atomic mass is 35.5. The molecule has 144 valence electrons. The molecule has 0 saturated carbocycles. The number of fused-ring (bicyclic) bond motifs is 1. The van der Waals surface area contributed by atoms with Gasteiger partial charge in [0.05, 0.1) is 10.0 Å².